The Balaban J connectivity index is 2.71. The Morgan fingerprint density at radius 2 is 1.81 bits per heavy atom. The Morgan fingerprint density at radius 1 is 1.19 bits per heavy atom. The highest BCUT2D eigenvalue weighted by molar-refractivity contribution is 9.10. The maximum Gasteiger partial charge on any atom is 0.0318 e. The second-order valence-corrected chi connectivity index (χ2v) is 4.98. The van der Waals surface area contributed by atoms with Crippen LogP contribution in [0.4, 0.5) is 5.69 Å². The summed E-state index contributed by atoms with van der Waals surface area (Å²) in [5, 5.41) is 0. The largest absolute Gasteiger partial charge is 0.399 e. The number of benzene rings is 1. The Morgan fingerprint density at radius 3 is 2.38 bits per heavy atom. The minimum Gasteiger partial charge on any atom is -0.399 e. The number of anilines is 1. The molecular weight excluding hydrogens is 264 g/mol. The molecule has 16 heavy (non-hydrogen) atoms. The second kappa shape index (κ2) is 6.92. The molecule has 0 saturated carbocycles. The topological polar surface area (TPSA) is 29.3 Å². The van der Waals surface area contributed by atoms with Gasteiger partial charge < -0.3 is 5.73 Å². The average Bonchev–Trinajstić information content (AvgIpc) is 2.24. The SMILES string of the molecule is CCCN(CCC)Cc1cc(N)ccc1Br. The average molecular weight is 285 g/mol. The van der Waals surface area contributed by atoms with E-state index in [0.29, 0.717) is 0 Å². The first-order valence-corrected chi connectivity index (χ1v) is 6.73. The molecule has 0 heterocycles. The molecule has 2 N–H and O–H groups in total. The first-order chi connectivity index (χ1) is 7.67. The van der Waals surface area contributed by atoms with Gasteiger partial charge in [0.15, 0.2) is 0 Å². The van der Waals surface area contributed by atoms with Crippen molar-refractivity contribution in [1.29, 1.82) is 0 Å². The van der Waals surface area contributed by atoms with Gasteiger partial charge in [-0.2, -0.15) is 0 Å². The van der Waals surface area contributed by atoms with Crippen molar-refractivity contribution >= 4 is 21.6 Å². The van der Waals surface area contributed by atoms with Gasteiger partial charge in [0.1, 0.15) is 0 Å². The Kier molecular flexibility index (Phi) is 5.85. The van der Waals surface area contributed by atoms with Crippen molar-refractivity contribution in [3.05, 3.63) is 28.2 Å². The third kappa shape index (κ3) is 4.14. The predicted octanol–water partition coefficient (Wildman–Crippen LogP) is 3.65. The third-order valence-corrected chi connectivity index (χ3v) is 3.32. The minimum atomic E-state index is 0.839. The fourth-order valence-corrected chi connectivity index (χ4v) is 2.23. The highest BCUT2D eigenvalue weighted by Gasteiger charge is 2.07. The molecule has 3 heteroatoms. The van der Waals surface area contributed by atoms with E-state index in [-0.39, 0.29) is 0 Å². The number of nitrogen functional groups attached to an aromatic ring is 1. The first-order valence-electron chi connectivity index (χ1n) is 5.93. The van der Waals surface area contributed by atoms with Crippen LogP contribution in [0.25, 0.3) is 0 Å². The van der Waals surface area contributed by atoms with Crippen molar-refractivity contribution in [2.24, 2.45) is 0 Å². The van der Waals surface area contributed by atoms with Crippen LogP contribution in [0.5, 0.6) is 0 Å². The lowest BCUT2D eigenvalue weighted by Gasteiger charge is -2.21. The van der Waals surface area contributed by atoms with Crippen molar-refractivity contribution in [3.8, 4) is 0 Å². The molecule has 1 aromatic carbocycles. The van der Waals surface area contributed by atoms with Crippen LogP contribution in [-0.2, 0) is 6.54 Å². The summed E-state index contributed by atoms with van der Waals surface area (Å²) in [5.41, 5.74) is 7.93. The van der Waals surface area contributed by atoms with E-state index in [1.165, 1.54) is 18.4 Å². The number of hydrogen-bond acceptors (Lipinski definition) is 2. The summed E-state index contributed by atoms with van der Waals surface area (Å²) in [7, 11) is 0. The van der Waals surface area contributed by atoms with E-state index in [1.807, 2.05) is 12.1 Å². The molecule has 0 bridgehead atoms. The summed E-state index contributed by atoms with van der Waals surface area (Å²) < 4.78 is 1.15. The molecule has 0 amide bonds. The zero-order chi connectivity index (χ0) is 12.0. The summed E-state index contributed by atoms with van der Waals surface area (Å²) in [6.07, 6.45) is 2.39. The van der Waals surface area contributed by atoms with Gasteiger partial charge in [-0.25, -0.2) is 0 Å². The summed E-state index contributed by atoms with van der Waals surface area (Å²) in [5.74, 6) is 0. The molecule has 1 aromatic rings. The zero-order valence-electron chi connectivity index (χ0n) is 10.2. The van der Waals surface area contributed by atoms with Crippen LogP contribution in [-0.4, -0.2) is 18.0 Å². The molecule has 1 rings (SSSR count). The number of nitrogens with zero attached hydrogens (tertiary/aromatic N) is 1. The molecule has 2 nitrogen and oxygen atoms in total. The fraction of sp³-hybridized carbons (Fsp3) is 0.538. The second-order valence-electron chi connectivity index (χ2n) is 4.13. The van der Waals surface area contributed by atoms with Crippen LogP contribution in [0.15, 0.2) is 22.7 Å². The van der Waals surface area contributed by atoms with Gasteiger partial charge in [0.25, 0.3) is 0 Å². The van der Waals surface area contributed by atoms with E-state index < -0.39 is 0 Å². The van der Waals surface area contributed by atoms with Gasteiger partial charge in [0.05, 0.1) is 0 Å². The van der Waals surface area contributed by atoms with Gasteiger partial charge in [-0.15, -0.1) is 0 Å². The zero-order valence-corrected chi connectivity index (χ0v) is 11.8. The summed E-state index contributed by atoms with van der Waals surface area (Å²) in [6, 6.07) is 6.01. The van der Waals surface area contributed by atoms with Crippen molar-refractivity contribution < 1.29 is 0 Å². The molecule has 0 saturated heterocycles. The van der Waals surface area contributed by atoms with Crippen molar-refractivity contribution in [3.63, 3.8) is 0 Å². The number of hydrogen-bond donors (Lipinski definition) is 1. The van der Waals surface area contributed by atoms with Crippen LogP contribution in [0.1, 0.15) is 32.3 Å². The minimum absolute atomic E-state index is 0.839. The van der Waals surface area contributed by atoms with E-state index in [4.69, 9.17) is 5.73 Å². The lowest BCUT2D eigenvalue weighted by molar-refractivity contribution is 0.266. The van der Waals surface area contributed by atoms with E-state index in [0.717, 1.165) is 29.8 Å². The molecule has 0 aliphatic heterocycles. The Labute approximate surface area is 107 Å². The predicted molar refractivity (Wildman–Crippen MR) is 74.4 cm³/mol. The van der Waals surface area contributed by atoms with Crippen LogP contribution in [0.3, 0.4) is 0 Å². The Bertz CT molecular complexity index is 320. The molecule has 0 aliphatic carbocycles. The van der Waals surface area contributed by atoms with Crippen LogP contribution >= 0.6 is 15.9 Å². The molecule has 0 atom stereocenters. The normalized spacial score (nSPS) is 11.0. The third-order valence-electron chi connectivity index (χ3n) is 2.54. The van der Waals surface area contributed by atoms with Crippen LogP contribution in [0.2, 0.25) is 0 Å². The van der Waals surface area contributed by atoms with Crippen LogP contribution < -0.4 is 5.73 Å². The van der Waals surface area contributed by atoms with E-state index in [9.17, 15) is 0 Å². The van der Waals surface area contributed by atoms with E-state index >= 15 is 0 Å². The quantitative estimate of drug-likeness (QED) is 0.808. The van der Waals surface area contributed by atoms with E-state index in [1.54, 1.807) is 0 Å². The van der Waals surface area contributed by atoms with E-state index in [2.05, 4.69) is 40.7 Å². The lowest BCUT2D eigenvalue weighted by atomic mass is 10.2. The molecule has 0 radical (unpaired) electrons. The first kappa shape index (κ1) is 13.5. The molecule has 0 aromatic heterocycles. The molecule has 0 unspecified atom stereocenters. The number of rotatable bonds is 6. The lowest BCUT2D eigenvalue weighted by Crippen LogP contribution is -2.25. The molecular formula is C13H21BrN2. The highest BCUT2D eigenvalue weighted by atomic mass is 79.9. The smallest absolute Gasteiger partial charge is 0.0318 e. The maximum atomic E-state index is 5.81. The Hall–Kier alpha value is -0.540. The van der Waals surface area contributed by atoms with Crippen molar-refractivity contribution in [2.75, 3.05) is 18.8 Å². The number of nitrogens with two attached hydrogens (primary N) is 1. The van der Waals surface area contributed by atoms with Gasteiger partial charge in [0, 0.05) is 16.7 Å². The highest BCUT2D eigenvalue weighted by Crippen LogP contribution is 2.21. The molecule has 0 spiro atoms. The van der Waals surface area contributed by atoms with Crippen LogP contribution in [0, 0.1) is 0 Å². The van der Waals surface area contributed by atoms with Gasteiger partial charge in [0.2, 0.25) is 0 Å². The van der Waals surface area contributed by atoms with Gasteiger partial charge in [-0.3, -0.25) is 4.90 Å². The fourth-order valence-electron chi connectivity index (χ4n) is 1.86. The van der Waals surface area contributed by atoms with Gasteiger partial charge in [-0.05, 0) is 49.7 Å². The molecule has 0 fully saturated rings. The number of halogens is 1. The standard InChI is InChI=1S/C13H21BrN2/c1-3-7-16(8-4-2)10-11-9-12(15)5-6-13(11)14/h5-6,9H,3-4,7-8,10,15H2,1-2H3. The van der Waals surface area contributed by atoms with Gasteiger partial charge >= 0.3 is 0 Å². The molecule has 0 aliphatic rings. The monoisotopic (exact) mass is 284 g/mol. The summed E-state index contributed by atoms with van der Waals surface area (Å²) in [4.78, 5) is 2.47. The molecule has 90 valence electrons. The maximum absolute atomic E-state index is 5.81. The summed E-state index contributed by atoms with van der Waals surface area (Å²) in [6.45, 7) is 7.71. The van der Waals surface area contributed by atoms with Crippen molar-refractivity contribution in [1.82, 2.24) is 4.90 Å². The summed E-state index contributed by atoms with van der Waals surface area (Å²) >= 11 is 3.58. The van der Waals surface area contributed by atoms with Crippen molar-refractivity contribution in [2.45, 2.75) is 33.2 Å². The van der Waals surface area contributed by atoms with Gasteiger partial charge in [-0.1, -0.05) is 29.8 Å².